The van der Waals surface area contributed by atoms with E-state index >= 15 is 0 Å². The van der Waals surface area contributed by atoms with E-state index < -0.39 is 0 Å². The fourth-order valence-electron chi connectivity index (χ4n) is 1.20. The van der Waals surface area contributed by atoms with E-state index in [0.29, 0.717) is 12.0 Å². The molecule has 0 aromatic rings. The topological polar surface area (TPSA) is 26.3 Å². The minimum atomic E-state index is -0.172. The van der Waals surface area contributed by atoms with Crippen LogP contribution >= 0.6 is 0 Å². The Morgan fingerprint density at radius 3 is 2.29 bits per heavy atom. The summed E-state index contributed by atoms with van der Waals surface area (Å²) >= 11 is 0. The Labute approximate surface area is 88.0 Å². The van der Waals surface area contributed by atoms with Gasteiger partial charge in [0, 0.05) is 6.92 Å². The highest BCUT2D eigenvalue weighted by molar-refractivity contribution is 5.65. The van der Waals surface area contributed by atoms with Gasteiger partial charge in [-0.1, -0.05) is 34.1 Å². The van der Waals surface area contributed by atoms with Crippen LogP contribution in [0, 0.1) is 11.3 Å². The molecule has 0 unspecified atom stereocenters. The molecule has 84 valence electrons. The highest BCUT2D eigenvalue weighted by Gasteiger charge is 2.18. The average molecular weight is 200 g/mol. The van der Waals surface area contributed by atoms with Crippen LogP contribution in [0.25, 0.3) is 0 Å². The van der Waals surface area contributed by atoms with Crippen molar-refractivity contribution in [2.75, 3.05) is 6.61 Å². The van der Waals surface area contributed by atoms with Crippen molar-refractivity contribution in [3.05, 3.63) is 0 Å². The number of rotatable bonds is 5. The first-order chi connectivity index (χ1) is 6.34. The summed E-state index contributed by atoms with van der Waals surface area (Å²) in [5.41, 5.74) is 0.390. The van der Waals surface area contributed by atoms with Crippen molar-refractivity contribution < 1.29 is 9.53 Å². The molecule has 0 rings (SSSR count). The molecule has 0 spiro atoms. The second kappa shape index (κ2) is 6.05. The first kappa shape index (κ1) is 13.5. The van der Waals surface area contributed by atoms with Gasteiger partial charge in [0.2, 0.25) is 0 Å². The van der Waals surface area contributed by atoms with Gasteiger partial charge in [-0.15, -0.1) is 0 Å². The minimum Gasteiger partial charge on any atom is -0.466 e. The molecule has 0 amide bonds. The number of esters is 1. The Bertz CT molecular complexity index is 168. The summed E-state index contributed by atoms with van der Waals surface area (Å²) in [6.07, 6.45) is 3.34. The molecule has 2 heteroatoms. The molecule has 0 fully saturated rings. The van der Waals surface area contributed by atoms with Crippen LogP contribution in [0.4, 0.5) is 0 Å². The summed E-state index contributed by atoms with van der Waals surface area (Å²) in [5.74, 6) is 0.550. The fourth-order valence-corrected chi connectivity index (χ4v) is 1.20. The molecule has 0 aromatic heterocycles. The number of ether oxygens (including phenoxy) is 1. The molecule has 0 saturated carbocycles. The van der Waals surface area contributed by atoms with Gasteiger partial charge in [-0.3, -0.25) is 4.79 Å². The Balaban J connectivity index is 3.41. The third-order valence-electron chi connectivity index (χ3n) is 2.82. The second-order valence-electron chi connectivity index (χ2n) is 5.10. The summed E-state index contributed by atoms with van der Waals surface area (Å²) in [7, 11) is 0. The number of unbranched alkanes of at least 4 members (excludes halogenated alkanes) is 1. The standard InChI is InChI=1S/C12H24O2/c1-10(12(3,4)5)8-6-7-9-14-11(2)13/h10H,6-9H2,1-5H3/t10-/m0/s1. The van der Waals surface area contributed by atoms with Crippen LogP contribution in [0.3, 0.4) is 0 Å². The SMILES string of the molecule is CC(=O)OCCCC[C@H](C)C(C)(C)C. The lowest BCUT2D eigenvalue weighted by Crippen LogP contribution is -2.17. The molecule has 1 atom stereocenters. The molecule has 0 aliphatic heterocycles. The average Bonchev–Trinajstić information content (AvgIpc) is 2.01. The number of carbonyl (C=O) groups is 1. The van der Waals surface area contributed by atoms with Gasteiger partial charge in [-0.2, -0.15) is 0 Å². The zero-order valence-corrected chi connectivity index (χ0v) is 10.2. The molecule has 0 bridgehead atoms. The lowest BCUT2D eigenvalue weighted by molar-refractivity contribution is -0.141. The van der Waals surface area contributed by atoms with E-state index in [9.17, 15) is 4.79 Å². The van der Waals surface area contributed by atoms with E-state index in [1.54, 1.807) is 0 Å². The Hall–Kier alpha value is -0.530. The fraction of sp³-hybridized carbons (Fsp3) is 0.917. The predicted octanol–water partition coefficient (Wildman–Crippen LogP) is 3.40. The first-order valence-electron chi connectivity index (χ1n) is 5.47. The van der Waals surface area contributed by atoms with Crippen molar-refractivity contribution in [1.29, 1.82) is 0 Å². The van der Waals surface area contributed by atoms with Gasteiger partial charge < -0.3 is 4.74 Å². The van der Waals surface area contributed by atoms with Gasteiger partial charge in [0.05, 0.1) is 6.61 Å². The van der Waals surface area contributed by atoms with Gasteiger partial charge in [-0.25, -0.2) is 0 Å². The highest BCUT2D eigenvalue weighted by Crippen LogP contribution is 2.29. The quantitative estimate of drug-likeness (QED) is 0.502. The van der Waals surface area contributed by atoms with E-state index in [4.69, 9.17) is 4.74 Å². The van der Waals surface area contributed by atoms with Crippen LogP contribution < -0.4 is 0 Å². The second-order valence-corrected chi connectivity index (χ2v) is 5.10. The van der Waals surface area contributed by atoms with Gasteiger partial charge in [0.25, 0.3) is 0 Å². The first-order valence-corrected chi connectivity index (χ1v) is 5.47. The van der Waals surface area contributed by atoms with Crippen LogP contribution in [0.1, 0.15) is 53.9 Å². The van der Waals surface area contributed by atoms with Crippen molar-refractivity contribution in [3.8, 4) is 0 Å². The maximum Gasteiger partial charge on any atom is 0.302 e. The molecule has 0 radical (unpaired) electrons. The zero-order chi connectivity index (χ0) is 11.2. The third-order valence-corrected chi connectivity index (χ3v) is 2.82. The van der Waals surface area contributed by atoms with Crippen molar-refractivity contribution in [2.45, 2.75) is 53.9 Å². The predicted molar refractivity (Wildman–Crippen MR) is 59.1 cm³/mol. The Morgan fingerprint density at radius 1 is 1.29 bits per heavy atom. The monoisotopic (exact) mass is 200 g/mol. The maximum absolute atomic E-state index is 10.5. The maximum atomic E-state index is 10.5. The van der Waals surface area contributed by atoms with Crippen LogP contribution in [-0.2, 0) is 9.53 Å². The summed E-state index contributed by atoms with van der Waals surface area (Å²) < 4.78 is 4.87. The van der Waals surface area contributed by atoms with Crippen molar-refractivity contribution >= 4 is 5.97 Å². The molecule has 0 heterocycles. The number of carbonyl (C=O) groups excluding carboxylic acids is 1. The molecule has 0 aromatic carbocycles. The van der Waals surface area contributed by atoms with E-state index in [0.717, 1.165) is 18.8 Å². The molecule has 2 nitrogen and oxygen atoms in total. The third kappa shape index (κ3) is 6.93. The van der Waals surface area contributed by atoms with Gasteiger partial charge in [0.15, 0.2) is 0 Å². The van der Waals surface area contributed by atoms with Crippen LogP contribution in [-0.4, -0.2) is 12.6 Å². The molecule has 14 heavy (non-hydrogen) atoms. The smallest absolute Gasteiger partial charge is 0.302 e. The minimum absolute atomic E-state index is 0.172. The molecule has 0 aliphatic carbocycles. The lowest BCUT2D eigenvalue weighted by Gasteiger charge is -2.27. The van der Waals surface area contributed by atoms with Gasteiger partial charge >= 0.3 is 5.97 Å². The largest absolute Gasteiger partial charge is 0.466 e. The van der Waals surface area contributed by atoms with E-state index in [1.165, 1.54) is 13.3 Å². The van der Waals surface area contributed by atoms with E-state index in [-0.39, 0.29) is 5.97 Å². The van der Waals surface area contributed by atoms with Gasteiger partial charge in [-0.05, 0) is 24.2 Å². The van der Waals surface area contributed by atoms with Crippen LogP contribution in [0.5, 0.6) is 0 Å². The van der Waals surface area contributed by atoms with Crippen molar-refractivity contribution in [3.63, 3.8) is 0 Å². The van der Waals surface area contributed by atoms with Crippen LogP contribution in [0.2, 0.25) is 0 Å². The van der Waals surface area contributed by atoms with E-state index in [2.05, 4.69) is 27.7 Å². The molecule has 0 N–H and O–H groups in total. The Kier molecular flexibility index (Phi) is 5.82. The number of hydrogen-bond donors (Lipinski definition) is 0. The normalized spacial score (nSPS) is 13.8. The van der Waals surface area contributed by atoms with Crippen molar-refractivity contribution in [1.82, 2.24) is 0 Å². The number of hydrogen-bond acceptors (Lipinski definition) is 2. The molecular formula is C12H24O2. The Morgan fingerprint density at radius 2 is 1.86 bits per heavy atom. The molecular weight excluding hydrogens is 176 g/mol. The van der Waals surface area contributed by atoms with E-state index in [1.807, 2.05) is 0 Å². The van der Waals surface area contributed by atoms with Crippen molar-refractivity contribution in [2.24, 2.45) is 11.3 Å². The summed E-state index contributed by atoms with van der Waals surface area (Å²) in [6.45, 7) is 11.1. The van der Waals surface area contributed by atoms with Gasteiger partial charge in [0.1, 0.15) is 0 Å². The molecule has 0 aliphatic rings. The summed E-state index contributed by atoms with van der Waals surface area (Å²) in [4.78, 5) is 10.5. The summed E-state index contributed by atoms with van der Waals surface area (Å²) in [5, 5.41) is 0. The van der Waals surface area contributed by atoms with Crippen LogP contribution in [0.15, 0.2) is 0 Å². The lowest BCUT2D eigenvalue weighted by atomic mass is 9.79. The highest BCUT2D eigenvalue weighted by atomic mass is 16.5. The molecule has 0 saturated heterocycles. The summed E-state index contributed by atoms with van der Waals surface area (Å²) in [6, 6.07) is 0. The zero-order valence-electron chi connectivity index (χ0n) is 10.2.